The smallest absolute Gasteiger partial charge is 0.230 e. The molecule has 0 spiro atoms. The monoisotopic (exact) mass is 411 g/mol. The van der Waals surface area contributed by atoms with E-state index in [1.165, 1.54) is 16.8 Å². The van der Waals surface area contributed by atoms with E-state index in [-0.39, 0.29) is 11.3 Å². The van der Waals surface area contributed by atoms with Gasteiger partial charge in [0.15, 0.2) is 0 Å². The molecule has 0 aliphatic carbocycles. The van der Waals surface area contributed by atoms with Gasteiger partial charge in [0.25, 0.3) is 0 Å². The van der Waals surface area contributed by atoms with Crippen LogP contribution in [0.15, 0.2) is 53.4 Å². The van der Waals surface area contributed by atoms with Gasteiger partial charge in [0.05, 0.1) is 5.75 Å². The zero-order chi connectivity index (χ0) is 20.9. The molecule has 1 aliphatic heterocycles. The Morgan fingerprint density at radius 3 is 2.31 bits per heavy atom. The Morgan fingerprint density at radius 1 is 1.00 bits per heavy atom. The number of benzene rings is 2. The van der Waals surface area contributed by atoms with E-state index in [4.69, 9.17) is 0 Å². The number of anilines is 1. The Kier molecular flexibility index (Phi) is 7.25. The first-order valence-corrected chi connectivity index (χ1v) is 11.3. The third kappa shape index (κ3) is 6.25. The van der Waals surface area contributed by atoms with Crippen LogP contribution in [0.3, 0.4) is 0 Å². The highest BCUT2D eigenvalue weighted by molar-refractivity contribution is 8.00. The van der Waals surface area contributed by atoms with Gasteiger partial charge in [-0.15, -0.1) is 11.8 Å². The van der Waals surface area contributed by atoms with Crippen molar-refractivity contribution in [2.24, 2.45) is 0 Å². The van der Waals surface area contributed by atoms with Crippen LogP contribution in [0.25, 0.3) is 0 Å². The molecule has 3 rings (SSSR count). The zero-order valence-corrected chi connectivity index (χ0v) is 18.9. The Hall–Kier alpha value is -1.98. The van der Waals surface area contributed by atoms with Gasteiger partial charge < -0.3 is 15.1 Å². The molecule has 0 atom stereocenters. The molecule has 29 heavy (non-hydrogen) atoms. The highest BCUT2D eigenvalue weighted by atomic mass is 32.2. The fraction of sp³-hybridized carbons (Fsp3) is 0.458. The summed E-state index contributed by atoms with van der Waals surface area (Å²) in [5, 5.41) is 3.10. The number of hydrogen-bond donors (Lipinski definition) is 1. The SMILES string of the molecule is CN1CCN(c2ccccc2CNC(=O)CSc2ccc(C(C)(C)C)cc2)CC1. The van der Waals surface area contributed by atoms with E-state index in [0.29, 0.717) is 12.3 Å². The van der Waals surface area contributed by atoms with Gasteiger partial charge in [0.2, 0.25) is 5.91 Å². The maximum atomic E-state index is 12.4. The Balaban J connectivity index is 1.51. The maximum absolute atomic E-state index is 12.4. The number of nitrogens with zero attached hydrogens (tertiary/aromatic N) is 2. The fourth-order valence-electron chi connectivity index (χ4n) is 3.46. The summed E-state index contributed by atoms with van der Waals surface area (Å²) in [7, 11) is 2.16. The van der Waals surface area contributed by atoms with E-state index >= 15 is 0 Å². The molecule has 4 nitrogen and oxygen atoms in total. The third-order valence-electron chi connectivity index (χ3n) is 5.40. The first kappa shape index (κ1) is 21.7. The van der Waals surface area contributed by atoms with Crippen molar-refractivity contribution in [3.05, 3.63) is 59.7 Å². The van der Waals surface area contributed by atoms with Crippen LogP contribution in [0.4, 0.5) is 5.69 Å². The Morgan fingerprint density at radius 2 is 1.66 bits per heavy atom. The molecule has 1 aliphatic rings. The number of carbonyl (C=O) groups is 1. The molecule has 1 heterocycles. The summed E-state index contributed by atoms with van der Waals surface area (Å²) in [5.41, 5.74) is 3.89. The number of nitrogens with one attached hydrogen (secondary N) is 1. The van der Waals surface area contributed by atoms with E-state index in [1.54, 1.807) is 11.8 Å². The molecule has 0 unspecified atom stereocenters. The highest BCUT2D eigenvalue weighted by Gasteiger charge is 2.17. The lowest BCUT2D eigenvalue weighted by atomic mass is 9.87. The first-order chi connectivity index (χ1) is 13.8. The van der Waals surface area contributed by atoms with Crippen molar-refractivity contribution in [1.82, 2.24) is 10.2 Å². The predicted molar refractivity (Wildman–Crippen MR) is 124 cm³/mol. The quantitative estimate of drug-likeness (QED) is 0.725. The van der Waals surface area contributed by atoms with E-state index in [2.05, 4.69) is 85.4 Å². The fourth-order valence-corrected chi connectivity index (χ4v) is 4.19. The summed E-state index contributed by atoms with van der Waals surface area (Å²) in [4.78, 5) is 18.3. The number of thioether (sulfide) groups is 1. The second kappa shape index (κ2) is 9.68. The van der Waals surface area contributed by atoms with Crippen LogP contribution < -0.4 is 10.2 Å². The minimum absolute atomic E-state index is 0.0723. The summed E-state index contributed by atoms with van der Waals surface area (Å²) in [6, 6.07) is 17.0. The van der Waals surface area contributed by atoms with Crippen molar-refractivity contribution in [1.29, 1.82) is 0 Å². The number of rotatable bonds is 6. The molecule has 0 bridgehead atoms. The summed E-state index contributed by atoms with van der Waals surface area (Å²) < 4.78 is 0. The van der Waals surface area contributed by atoms with E-state index in [0.717, 1.165) is 31.1 Å². The van der Waals surface area contributed by atoms with Gasteiger partial charge >= 0.3 is 0 Å². The van der Waals surface area contributed by atoms with Crippen LogP contribution in [-0.2, 0) is 16.8 Å². The van der Waals surface area contributed by atoms with Gasteiger partial charge in [-0.25, -0.2) is 0 Å². The number of piperazine rings is 1. The summed E-state index contributed by atoms with van der Waals surface area (Å²) >= 11 is 1.59. The summed E-state index contributed by atoms with van der Waals surface area (Å²) in [6.45, 7) is 11.4. The molecule has 1 saturated heterocycles. The first-order valence-electron chi connectivity index (χ1n) is 10.3. The average Bonchev–Trinajstić information content (AvgIpc) is 2.71. The average molecular weight is 412 g/mol. The molecule has 0 radical (unpaired) electrons. The lowest BCUT2D eigenvalue weighted by Gasteiger charge is -2.35. The highest BCUT2D eigenvalue weighted by Crippen LogP contribution is 2.26. The molecular weight excluding hydrogens is 378 g/mol. The zero-order valence-electron chi connectivity index (χ0n) is 18.1. The predicted octanol–water partition coefficient (Wildman–Crippen LogP) is 4.14. The van der Waals surface area contributed by atoms with Crippen molar-refractivity contribution < 1.29 is 4.79 Å². The van der Waals surface area contributed by atoms with Gasteiger partial charge in [-0.1, -0.05) is 51.1 Å². The number of para-hydroxylation sites is 1. The minimum Gasteiger partial charge on any atom is -0.369 e. The van der Waals surface area contributed by atoms with Crippen LogP contribution >= 0.6 is 11.8 Å². The number of hydrogen-bond acceptors (Lipinski definition) is 4. The topological polar surface area (TPSA) is 35.6 Å². The normalized spacial score (nSPS) is 15.4. The Bertz CT molecular complexity index is 806. The largest absolute Gasteiger partial charge is 0.369 e. The molecule has 1 fully saturated rings. The van der Waals surface area contributed by atoms with E-state index in [1.807, 2.05) is 6.07 Å². The second-order valence-electron chi connectivity index (χ2n) is 8.76. The van der Waals surface area contributed by atoms with Crippen molar-refractivity contribution in [2.45, 2.75) is 37.6 Å². The van der Waals surface area contributed by atoms with E-state index in [9.17, 15) is 4.79 Å². The maximum Gasteiger partial charge on any atom is 0.230 e. The van der Waals surface area contributed by atoms with Crippen LogP contribution in [0.5, 0.6) is 0 Å². The minimum atomic E-state index is 0.0723. The summed E-state index contributed by atoms with van der Waals surface area (Å²) in [5.74, 6) is 0.508. The van der Waals surface area contributed by atoms with Crippen molar-refractivity contribution in [3.8, 4) is 0 Å². The van der Waals surface area contributed by atoms with Gasteiger partial charge in [-0.3, -0.25) is 4.79 Å². The van der Waals surface area contributed by atoms with Crippen molar-refractivity contribution in [2.75, 3.05) is 43.9 Å². The standard InChI is InChI=1S/C24H33N3OS/c1-24(2,3)20-9-11-21(12-10-20)29-18-23(28)25-17-19-7-5-6-8-22(19)27-15-13-26(4)14-16-27/h5-12H,13-18H2,1-4H3,(H,25,28). The van der Waals surface area contributed by atoms with Gasteiger partial charge in [-0.05, 0) is 41.8 Å². The molecule has 0 aromatic heterocycles. The molecule has 2 aromatic carbocycles. The van der Waals surface area contributed by atoms with Gasteiger partial charge in [-0.2, -0.15) is 0 Å². The van der Waals surface area contributed by atoms with Crippen molar-refractivity contribution >= 4 is 23.4 Å². The lowest BCUT2D eigenvalue weighted by Crippen LogP contribution is -2.45. The number of amides is 1. The van der Waals surface area contributed by atoms with Gasteiger partial charge in [0, 0.05) is 43.3 Å². The Labute approximate surface area is 179 Å². The van der Waals surface area contributed by atoms with Crippen molar-refractivity contribution in [3.63, 3.8) is 0 Å². The molecule has 1 N–H and O–H groups in total. The van der Waals surface area contributed by atoms with Crippen LogP contribution in [0.1, 0.15) is 31.9 Å². The van der Waals surface area contributed by atoms with Gasteiger partial charge in [0.1, 0.15) is 0 Å². The lowest BCUT2D eigenvalue weighted by molar-refractivity contribution is -0.118. The van der Waals surface area contributed by atoms with E-state index < -0.39 is 0 Å². The van der Waals surface area contributed by atoms with Crippen LogP contribution in [0, 0.1) is 0 Å². The number of carbonyl (C=O) groups excluding carboxylic acids is 1. The molecule has 0 saturated carbocycles. The molecule has 2 aromatic rings. The molecule has 5 heteroatoms. The third-order valence-corrected chi connectivity index (χ3v) is 6.41. The van der Waals surface area contributed by atoms with Crippen LogP contribution in [0.2, 0.25) is 0 Å². The van der Waals surface area contributed by atoms with Crippen LogP contribution in [-0.4, -0.2) is 49.8 Å². The molecular formula is C24H33N3OS. The molecule has 156 valence electrons. The summed E-state index contributed by atoms with van der Waals surface area (Å²) in [6.07, 6.45) is 0. The number of likely N-dealkylation sites (N-methyl/N-ethyl adjacent to an activating group) is 1. The second-order valence-corrected chi connectivity index (χ2v) is 9.81. The molecule has 1 amide bonds.